The number of H-pyrrole nitrogens is 1. The second-order valence-corrected chi connectivity index (χ2v) is 9.18. The van der Waals surface area contributed by atoms with Gasteiger partial charge in [0.15, 0.2) is 11.0 Å². The van der Waals surface area contributed by atoms with Gasteiger partial charge in [0.2, 0.25) is 0 Å². The van der Waals surface area contributed by atoms with Gasteiger partial charge in [0, 0.05) is 42.1 Å². The Kier molecular flexibility index (Phi) is 6.54. The molecule has 3 N–H and O–H groups in total. The first-order chi connectivity index (χ1) is 19.5. The van der Waals surface area contributed by atoms with Crippen LogP contribution in [0.4, 0.5) is 4.39 Å². The van der Waals surface area contributed by atoms with Crippen LogP contribution < -0.4 is 10.4 Å². The van der Waals surface area contributed by atoms with Gasteiger partial charge in [-0.15, -0.1) is 4.68 Å². The predicted molar refractivity (Wildman–Crippen MR) is 140 cm³/mol. The van der Waals surface area contributed by atoms with Gasteiger partial charge in [-0.3, -0.25) is 24.1 Å². The van der Waals surface area contributed by atoms with Crippen molar-refractivity contribution in [1.29, 1.82) is 0 Å². The highest BCUT2D eigenvalue weighted by atomic mass is 35.5. The summed E-state index contributed by atoms with van der Waals surface area (Å²) in [7, 11) is 0. The monoisotopic (exact) mass is 556 g/mol. The number of primary amides is 1. The van der Waals surface area contributed by atoms with Gasteiger partial charge >= 0.3 is 0 Å². The standard InChI is InChI=1S/C26H19ClFN11O/c27-19-2-4-22(39-15-32-35-36-39)24(25(19)28)17-1-3-20(31-11-17)23(14-37-10-7-21(34-37)26(29)40)38-13-18(12-33-38)16-5-8-30-9-6-16/h1-13,15,23H,14H2,(H2,29,40)/p+1. The normalized spacial score (nSPS) is 11.9. The minimum absolute atomic E-state index is 0.0297. The van der Waals surface area contributed by atoms with Crippen LogP contribution in [0.25, 0.3) is 27.9 Å². The molecule has 12 nitrogen and oxygen atoms in total. The van der Waals surface area contributed by atoms with Crippen LogP contribution >= 0.6 is 11.6 Å². The molecule has 0 fully saturated rings. The molecule has 0 aliphatic heterocycles. The molecule has 6 aromatic rings. The molecule has 1 unspecified atom stereocenters. The molecule has 1 aromatic carbocycles. The highest BCUT2D eigenvalue weighted by Gasteiger charge is 2.23. The molecule has 5 heterocycles. The Bertz CT molecular complexity index is 1780. The summed E-state index contributed by atoms with van der Waals surface area (Å²) in [5, 5.41) is 19.0. The third kappa shape index (κ3) is 4.80. The number of rotatable bonds is 8. The number of aromatic nitrogens is 10. The van der Waals surface area contributed by atoms with Crippen molar-refractivity contribution < 1.29 is 13.9 Å². The summed E-state index contributed by atoms with van der Waals surface area (Å²) in [6.45, 7) is 0.295. The van der Waals surface area contributed by atoms with Crippen LogP contribution in [0.1, 0.15) is 22.2 Å². The van der Waals surface area contributed by atoms with Crippen LogP contribution in [0.5, 0.6) is 0 Å². The van der Waals surface area contributed by atoms with Crippen molar-refractivity contribution in [2.45, 2.75) is 12.6 Å². The fourth-order valence-electron chi connectivity index (χ4n) is 4.35. The van der Waals surface area contributed by atoms with Crippen molar-refractivity contribution in [1.82, 2.24) is 45.1 Å². The molecule has 198 valence electrons. The third-order valence-electron chi connectivity index (χ3n) is 6.31. The summed E-state index contributed by atoms with van der Waals surface area (Å²) in [5.41, 5.74) is 9.19. The van der Waals surface area contributed by atoms with E-state index >= 15 is 4.39 Å². The first-order valence-electron chi connectivity index (χ1n) is 12.0. The second kappa shape index (κ2) is 10.5. The van der Waals surface area contributed by atoms with E-state index in [2.05, 4.69) is 35.7 Å². The van der Waals surface area contributed by atoms with E-state index in [1.165, 1.54) is 17.1 Å². The highest BCUT2D eigenvalue weighted by Crippen LogP contribution is 2.32. The van der Waals surface area contributed by atoms with Crippen LogP contribution in [0.2, 0.25) is 5.02 Å². The maximum absolute atomic E-state index is 15.3. The van der Waals surface area contributed by atoms with Gasteiger partial charge in [0.05, 0.1) is 29.0 Å². The van der Waals surface area contributed by atoms with Gasteiger partial charge < -0.3 is 5.73 Å². The molecular weight excluding hydrogens is 537 g/mol. The lowest BCUT2D eigenvalue weighted by molar-refractivity contribution is -0.659. The van der Waals surface area contributed by atoms with Crippen molar-refractivity contribution in [3.8, 4) is 27.9 Å². The maximum Gasteiger partial charge on any atom is 0.293 e. The number of nitrogens with zero attached hydrogens (tertiary/aromatic N) is 9. The average Bonchev–Trinajstić information content (AvgIpc) is 3.76. The van der Waals surface area contributed by atoms with Gasteiger partial charge in [-0.2, -0.15) is 10.2 Å². The molecule has 5 aromatic heterocycles. The van der Waals surface area contributed by atoms with Crippen molar-refractivity contribution in [2.24, 2.45) is 5.73 Å². The fourth-order valence-corrected chi connectivity index (χ4v) is 4.50. The lowest BCUT2D eigenvalue weighted by atomic mass is 10.0. The molecule has 6 rings (SSSR count). The lowest BCUT2D eigenvalue weighted by Crippen LogP contribution is -2.33. The summed E-state index contributed by atoms with van der Waals surface area (Å²) >= 11 is 6.12. The molecule has 0 aliphatic rings. The van der Waals surface area contributed by atoms with E-state index in [0.29, 0.717) is 23.5 Å². The zero-order valence-electron chi connectivity index (χ0n) is 20.6. The number of aromatic amines is 1. The zero-order chi connectivity index (χ0) is 27.6. The zero-order valence-corrected chi connectivity index (χ0v) is 21.4. The van der Waals surface area contributed by atoms with Gasteiger partial charge in [-0.05, 0) is 42.0 Å². The Balaban J connectivity index is 1.40. The average molecular weight is 557 g/mol. The van der Waals surface area contributed by atoms with Crippen LogP contribution in [0, 0.1) is 5.82 Å². The SMILES string of the molecule is NC(=O)c1ccn(CC(c2ccc(-c3c(-[n+]4cnn[nH]4)ccc(Cl)c3F)cn2)n2cc(-c3ccncc3)cn2)n1. The Hall–Kier alpha value is -5.30. The number of halogens is 2. The summed E-state index contributed by atoms with van der Waals surface area (Å²) < 4.78 is 20.1. The number of hydrogen-bond acceptors (Lipinski definition) is 7. The summed E-state index contributed by atoms with van der Waals surface area (Å²) in [6, 6.07) is 11.6. The highest BCUT2D eigenvalue weighted by molar-refractivity contribution is 6.31. The van der Waals surface area contributed by atoms with Crippen molar-refractivity contribution >= 4 is 17.5 Å². The number of pyridine rings is 2. The molecule has 1 atom stereocenters. The Morgan fingerprint density at radius 2 is 1.93 bits per heavy atom. The first-order valence-corrected chi connectivity index (χ1v) is 12.4. The molecule has 1 amide bonds. The van der Waals surface area contributed by atoms with Crippen LogP contribution in [-0.4, -0.2) is 51.0 Å². The Morgan fingerprint density at radius 1 is 1.07 bits per heavy atom. The number of nitrogens with two attached hydrogens (primary N) is 1. The van der Waals surface area contributed by atoms with Gasteiger partial charge in [0.25, 0.3) is 12.2 Å². The number of amides is 1. The number of benzene rings is 1. The van der Waals surface area contributed by atoms with Gasteiger partial charge in [0.1, 0.15) is 22.5 Å². The van der Waals surface area contributed by atoms with Crippen LogP contribution in [-0.2, 0) is 6.54 Å². The van der Waals surface area contributed by atoms with E-state index in [1.54, 1.807) is 64.6 Å². The van der Waals surface area contributed by atoms with Gasteiger partial charge in [-0.1, -0.05) is 22.9 Å². The van der Waals surface area contributed by atoms with E-state index < -0.39 is 17.8 Å². The molecule has 0 saturated heterocycles. The van der Waals surface area contributed by atoms with Crippen LogP contribution in [0.15, 0.2) is 86.0 Å². The second-order valence-electron chi connectivity index (χ2n) is 8.78. The Labute approximate surface area is 230 Å². The molecule has 0 spiro atoms. The molecule has 0 saturated carbocycles. The lowest BCUT2D eigenvalue weighted by Gasteiger charge is -2.18. The Morgan fingerprint density at radius 3 is 2.62 bits per heavy atom. The molecule has 40 heavy (non-hydrogen) atoms. The summed E-state index contributed by atoms with van der Waals surface area (Å²) in [5.74, 6) is -1.22. The van der Waals surface area contributed by atoms with E-state index in [4.69, 9.17) is 17.3 Å². The number of hydrogen-bond donors (Lipinski definition) is 2. The summed E-state index contributed by atoms with van der Waals surface area (Å²) in [6.07, 6.45) is 11.7. The maximum atomic E-state index is 15.3. The molecule has 0 bridgehead atoms. The third-order valence-corrected chi connectivity index (χ3v) is 6.61. The van der Waals surface area contributed by atoms with E-state index in [0.717, 1.165) is 11.1 Å². The van der Waals surface area contributed by atoms with Crippen molar-refractivity contribution in [3.05, 3.63) is 108 Å². The van der Waals surface area contributed by atoms with Gasteiger partial charge in [-0.25, -0.2) is 4.39 Å². The van der Waals surface area contributed by atoms with Crippen molar-refractivity contribution in [3.63, 3.8) is 0 Å². The smallest absolute Gasteiger partial charge is 0.293 e. The molecular formula is C26H20ClFN11O+. The van der Waals surface area contributed by atoms with E-state index in [9.17, 15) is 4.79 Å². The fraction of sp³-hybridized carbons (Fsp3) is 0.0769. The minimum atomic E-state index is -0.624. The number of tetrazole rings is 1. The topological polar surface area (TPSA) is 150 Å². The largest absolute Gasteiger partial charge is 0.364 e. The number of carbonyl (C=O) groups excluding carboxylic acids is 1. The molecule has 0 radical (unpaired) electrons. The quantitative estimate of drug-likeness (QED) is 0.274. The molecule has 0 aliphatic carbocycles. The number of carbonyl (C=O) groups is 1. The van der Waals surface area contributed by atoms with Crippen LogP contribution in [0.3, 0.4) is 0 Å². The minimum Gasteiger partial charge on any atom is -0.364 e. The summed E-state index contributed by atoms with van der Waals surface area (Å²) in [4.78, 5) is 20.3. The molecule has 14 heteroatoms. The van der Waals surface area contributed by atoms with E-state index in [1.807, 2.05) is 18.3 Å². The number of nitrogens with one attached hydrogen (secondary N) is 1. The first kappa shape index (κ1) is 25.0. The predicted octanol–water partition coefficient (Wildman–Crippen LogP) is 2.78. The van der Waals surface area contributed by atoms with Crippen molar-refractivity contribution in [2.75, 3.05) is 0 Å². The van der Waals surface area contributed by atoms with E-state index in [-0.39, 0.29) is 16.3 Å².